The van der Waals surface area contributed by atoms with Crippen molar-refractivity contribution >= 4 is 24.0 Å². The van der Waals surface area contributed by atoms with Crippen LogP contribution in [0.4, 0.5) is 4.79 Å². The average Bonchev–Trinajstić information content (AvgIpc) is 2.94. The first-order valence-corrected chi connectivity index (χ1v) is 8.66. The van der Waals surface area contributed by atoms with Crippen LogP contribution in [0.2, 0.25) is 0 Å². The zero-order valence-electron chi connectivity index (χ0n) is 15.6. The summed E-state index contributed by atoms with van der Waals surface area (Å²) in [5.74, 6) is -0.548. The van der Waals surface area contributed by atoms with E-state index in [-0.39, 0.29) is 5.70 Å². The van der Waals surface area contributed by atoms with Crippen molar-refractivity contribution in [2.24, 2.45) is 0 Å². The van der Waals surface area contributed by atoms with Gasteiger partial charge in [-0.25, -0.2) is 9.69 Å². The predicted molar refractivity (Wildman–Crippen MR) is 102 cm³/mol. The monoisotopic (exact) mass is 380 g/mol. The minimum Gasteiger partial charge on any atom is -0.489 e. The van der Waals surface area contributed by atoms with Crippen molar-refractivity contribution in [3.63, 3.8) is 0 Å². The van der Waals surface area contributed by atoms with Crippen LogP contribution in [0, 0.1) is 6.92 Å². The molecule has 0 spiro atoms. The Bertz CT molecular complexity index is 934. The van der Waals surface area contributed by atoms with E-state index in [1.54, 1.807) is 30.3 Å². The first kappa shape index (κ1) is 19.2. The first-order chi connectivity index (χ1) is 13.5. The SMILES string of the molecule is COC(=O)CN1C(=O)NC(=Cc2ccc(OCc3cccc(C)c3)cc2)C1=O. The highest BCUT2D eigenvalue weighted by molar-refractivity contribution is 6.15. The van der Waals surface area contributed by atoms with Crippen LogP contribution >= 0.6 is 0 Å². The third-order valence-corrected chi connectivity index (χ3v) is 4.16. The van der Waals surface area contributed by atoms with Gasteiger partial charge in [-0.2, -0.15) is 0 Å². The lowest BCUT2D eigenvalue weighted by Gasteiger charge is -2.09. The molecule has 1 saturated heterocycles. The Morgan fingerprint density at radius 2 is 1.89 bits per heavy atom. The molecular weight excluding hydrogens is 360 g/mol. The molecule has 0 saturated carbocycles. The van der Waals surface area contributed by atoms with E-state index in [0.29, 0.717) is 17.9 Å². The largest absolute Gasteiger partial charge is 0.489 e. The Kier molecular flexibility index (Phi) is 5.74. The van der Waals surface area contributed by atoms with Gasteiger partial charge in [0.1, 0.15) is 24.6 Å². The lowest BCUT2D eigenvalue weighted by atomic mass is 10.1. The van der Waals surface area contributed by atoms with E-state index < -0.39 is 24.5 Å². The number of imide groups is 1. The summed E-state index contributed by atoms with van der Waals surface area (Å²) in [5, 5.41) is 2.46. The van der Waals surface area contributed by atoms with Crippen LogP contribution in [0.3, 0.4) is 0 Å². The number of nitrogens with zero attached hydrogens (tertiary/aromatic N) is 1. The van der Waals surface area contributed by atoms with Gasteiger partial charge >= 0.3 is 12.0 Å². The Morgan fingerprint density at radius 3 is 2.57 bits per heavy atom. The number of carbonyl (C=O) groups is 3. The molecule has 3 amide bonds. The molecule has 0 bridgehead atoms. The molecule has 7 heteroatoms. The predicted octanol–water partition coefficient (Wildman–Crippen LogP) is 2.64. The summed E-state index contributed by atoms with van der Waals surface area (Å²) in [7, 11) is 1.19. The summed E-state index contributed by atoms with van der Waals surface area (Å²) in [5.41, 5.74) is 3.07. The van der Waals surface area contributed by atoms with Gasteiger partial charge in [0.2, 0.25) is 0 Å². The Labute approximate surface area is 162 Å². The summed E-state index contributed by atoms with van der Waals surface area (Å²) >= 11 is 0. The van der Waals surface area contributed by atoms with Gasteiger partial charge in [-0.3, -0.25) is 9.59 Å². The summed E-state index contributed by atoms with van der Waals surface area (Å²) in [4.78, 5) is 36.2. The summed E-state index contributed by atoms with van der Waals surface area (Å²) in [6, 6.07) is 14.6. The molecule has 2 aromatic carbocycles. The van der Waals surface area contributed by atoms with E-state index >= 15 is 0 Å². The van der Waals surface area contributed by atoms with Gasteiger partial charge < -0.3 is 14.8 Å². The van der Waals surface area contributed by atoms with Crippen molar-refractivity contribution in [1.82, 2.24) is 10.2 Å². The second kappa shape index (κ2) is 8.39. The standard InChI is InChI=1S/C21H20N2O5/c1-14-4-3-5-16(10-14)13-28-17-8-6-15(7-9-17)11-18-20(25)23(21(26)22-18)12-19(24)27-2/h3-11H,12-13H2,1-2H3,(H,22,26). The van der Waals surface area contributed by atoms with Gasteiger partial charge in [-0.05, 0) is 36.3 Å². The number of ether oxygens (including phenoxy) is 2. The van der Waals surface area contributed by atoms with Crippen molar-refractivity contribution in [3.8, 4) is 5.75 Å². The molecule has 144 valence electrons. The van der Waals surface area contributed by atoms with Crippen LogP contribution < -0.4 is 10.1 Å². The molecule has 28 heavy (non-hydrogen) atoms. The third-order valence-electron chi connectivity index (χ3n) is 4.16. The Morgan fingerprint density at radius 1 is 1.14 bits per heavy atom. The Hall–Kier alpha value is -3.61. The maximum Gasteiger partial charge on any atom is 0.329 e. The van der Waals surface area contributed by atoms with Gasteiger partial charge in [0.05, 0.1) is 7.11 Å². The van der Waals surface area contributed by atoms with Crippen LogP contribution in [0.5, 0.6) is 5.75 Å². The summed E-state index contributed by atoms with van der Waals surface area (Å²) in [6.45, 7) is 2.06. The number of methoxy groups -OCH3 is 1. The molecule has 3 rings (SSSR count). The van der Waals surface area contributed by atoms with Crippen molar-refractivity contribution in [1.29, 1.82) is 0 Å². The van der Waals surface area contributed by atoms with Crippen LogP contribution in [-0.4, -0.2) is 36.5 Å². The maximum atomic E-state index is 12.3. The van der Waals surface area contributed by atoms with Gasteiger partial charge in [-0.1, -0.05) is 42.0 Å². The molecule has 0 aliphatic carbocycles. The molecule has 0 radical (unpaired) electrons. The van der Waals surface area contributed by atoms with Gasteiger partial charge in [0.15, 0.2) is 0 Å². The van der Waals surface area contributed by atoms with E-state index in [0.717, 1.165) is 10.5 Å². The van der Waals surface area contributed by atoms with Gasteiger partial charge in [0.25, 0.3) is 5.91 Å². The number of rotatable bonds is 6. The molecule has 1 aliphatic heterocycles. The van der Waals surface area contributed by atoms with Crippen molar-refractivity contribution in [2.45, 2.75) is 13.5 Å². The fourth-order valence-corrected chi connectivity index (χ4v) is 2.70. The number of nitrogens with one attached hydrogen (secondary N) is 1. The van der Waals surface area contributed by atoms with E-state index in [2.05, 4.69) is 16.1 Å². The number of carbonyl (C=O) groups excluding carboxylic acids is 3. The summed E-state index contributed by atoms with van der Waals surface area (Å²) in [6.07, 6.45) is 1.54. The highest BCUT2D eigenvalue weighted by Gasteiger charge is 2.35. The van der Waals surface area contributed by atoms with E-state index in [1.165, 1.54) is 12.7 Å². The molecule has 1 heterocycles. The lowest BCUT2D eigenvalue weighted by Crippen LogP contribution is -2.36. The van der Waals surface area contributed by atoms with Gasteiger partial charge in [-0.15, -0.1) is 0 Å². The smallest absolute Gasteiger partial charge is 0.329 e. The van der Waals surface area contributed by atoms with Crippen LogP contribution in [-0.2, 0) is 20.9 Å². The first-order valence-electron chi connectivity index (χ1n) is 8.66. The highest BCUT2D eigenvalue weighted by Crippen LogP contribution is 2.18. The van der Waals surface area contributed by atoms with E-state index in [9.17, 15) is 14.4 Å². The molecule has 0 aromatic heterocycles. The number of hydrogen-bond donors (Lipinski definition) is 1. The minimum atomic E-state index is -0.667. The van der Waals surface area contributed by atoms with E-state index in [1.807, 2.05) is 25.1 Å². The van der Waals surface area contributed by atoms with Crippen molar-refractivity contribution in [3.05, 3.63) is 70.9 Å². The number of urea groups is 1. The van der Waals surface area contributed by atoms with Crippen LogP contribution in [0.15, 0.2) is 54.2 Å². The molecular formula is C21H20N2O5. The molecule has 0 atom stereocenters. The maximum absolute atomic E-state index is 12.3. The molecule has 0 unspecified atom stereocenters. The highest BCUT2D eigenvalue weighted by atomic mass is 16.5. The average molecular weight is 380 g/mol. The lowest BCUT2D eigenvalue weighted by molar-refractivity contribution is -0.143. The normalized spacial score (nSPS) is 14.9. The van der Waals surface area contributed by atoms with Crippen LogP contribution in [0.25, 0.3) is 6.08 Å². The minimum absolute atomic E-state index is 0.0994. The number of hydrogen-bond acceptors (Lipinski definition) is 5. The summed E-state index contributed by atoms with van der Waals surface area (Å²) < 4.78 is 10.3. The number of benzene rings is 2. The fraction of sp³-hybridized carbons (Fsp3) is 0.190. The fourth-order valence-electron chi connectivity index (χ4n) is 2.70. The zero-order valence-corrected chi connectivity index (χ0v) is 15.6. The quantitative estimate of drug-likeness (QED) is 0.473. The molecule has 1 aliphatic rings. The van der Waals surface area contributed by atoms with Crippen LogP contribution in [0.1, 0.15) is 16.7 Å². The molecule has 1 N–H and O–H groups in total. The van der Waals surface area contributed by atoms with Gasteiger partial charge in [0, 0.05) is 0 Å². The topological polar surface area (TPSA) is 84.9 Å². The molecule has 1 fully saturated rings. The number of amides is 3. The van der Waals surface area contributed by atoms with Crippen molar-refractivity contribution < 1.29 is 23.9 Å². The number of esters is 1. The Balaban J connectivity index is 1.64. The van der Waals surface area contributed by atoms with E-state index in [4.69, 9.17) is 4.74 Å². The third kappa shape index (κ3) is 4.56. The molecule has 2 aromatic rings. The number of aryl methyl sites for hydroxylation is 1. The zero-order chi connectivity index (χ0) is 20.1. The van der Waals surface area contributed by atoms with Crippen molar-refractivity contribution in [2.75, 3.05) is 13.7 Å². The second-order valence-electron chi connectivity index (χ2n) is 6.30. The second-order valence-corrected chi connectivity index (χ2v) is 6.30. The molecule has 7 nitrogen and oxygen atoms in total.